The molecule has 1 nitrogen and oxygen atoms in total. The van der Waals surface area contributed by atoms with E-state index in [4.69, 9.17) is 39.5 Å². The van der Waals surface area contributed by atoms with Crippen molar-refractivity contribution in [3.63, 3.8) is 0 Å². The van der Waals surface area contributed by atoms with Crippen LogP contribution in [0.15, 0.2) is 36.4 Å². The van der Waals surface area contributed by atoms with Crippen LogP contribution in [0.5, 0.6) is 11.5 Å². The lowest BCUT2D eigenvalue weighted by Crippen LogP contribution is -1.88. The molecule has 0 aliphatic carbocycles. The van der Waals surface area contributed by atoms with Gasteiger partial charge in [0.1, 0.15) is 11.5 Å². The fourth-order valence-corrected chi connectivity index (χ4v) is 2.21. The molecule has 0 atom stereocenters. The Balaban J connectivity index is 2.28. The average molecular weight is 302 g/mol. The highest BCUT2D eigenvalue weighted by Crippen LogP contribution is 2.32. The maximum Gasteiger partial charge on any atom is 0.146 e. The van der Waals surface area contributed by atoms with Crippen LogP contribution >= 0.6 is 34.8 Å². The van der Waals surface area contributed by atoms with Crippen LogP contribution in [0.4, 0.5) is 0 Å². The lowest BCUT2D eigenvalue weighted by Gasteiger charge is -2.09. The summed E-state index contributed by atoms with van der Waals surface area (Å²) in [4.78, 5) is 0. The summed E-state index contributed by atoms with van der Waals surface area (Å²) in [7, 11) is 0. The molecule has 0 aromatic heterocycles. The summed E-state index contributed by atoms with van der Waals surface area (Å²) in [5.41, 5.74) is 1.96. The highest BCUT2D eigenvalue weighted by Gasteiger charge is 2.06. The van der Waals surface area contributed by atoms with Crippen molar-refractivity contribution >= 4 is 34.8 Å². The lowest BCUT2D eigenvalue weighted by atomic mass is 10.2. The van der Waals surface area contributed by atoms with E-state index < -0.39 is 0 Å². The van der Waals surface area contributed by atoms with E-state index in [0.717, 1.165) is 11.1 Å². The van der Waals surface area contributed by atoms with Crippen LogP contribution < -0.4 is 4.74 Å². The summed E-state index contributed by atoms with van der Waals surface area (Å²) in [6.07, 6.45) is 0. The molecule has 0 bridgehead atoms. The van der Waals surface area contributed by atoms with Crippen molar-refractivity contribution in [1.82, 2.24) is 0 Å². The molecule has 0 unspecified atom stereocenters. The van der Waals surface area contributed by atoms with Crippen LogP contribution in [0, 0.1) is 6.92 Å². The maximum absolute atomic E-state index is 6.07. The fourth-order valence-electron chi connectivity index (χ4n) is 1.52. The van der Waals surface area contributed by atoms with Gasteiger partial charge in [0.15, 0.2) is 0 Å². The summed E-state index contributed by atoms with van der Waals surface area (Å²) in [6, 6.07) is 11.0. The summed E-state index contributed by atoms with van der Waals surface area (Å²) in [5, 5.41) is 1.16. The minimum Gasteiger partial charge on any atom is -0.456 e. The molecule has 0 fully saturated rings. The molecule has 0 saturated heterocycles. The van der Waals surface area contributed by atoms with Crippen LogP contribution in [-0.2, 0) is 5.88 Å². The first-order valence-corrected chi connectivity index (χ1v) is 6.67. The van der Waals surface area contributed by atoms with Crippen molar-refractivity contribution in [2.45, 2.75) is 12.8 Å². The van der Waals surface area contributed by atoms with Gasteiger partial charge in [0.25, 0.3) is 0 Å². The van der Waals surface area contributed by atoms with Crippen LogP contribution in [-0.4, -0.2) is 0 Å². The molecule has 0 heterocycles. The Kier molecular flexibility index (Phi) is 4.39. The van der Waals surface area contributed by atoms with Gasteiger partial charge in [-0.15, -0.1) is 11.6 Å². The molecule has 0 N–H and O–H groups in total. The first kappa shape index (κ1) is 13.5. The molecule has 18 heavy (non-hydrogen) atoms. The Morgan fingerprint density at radius 3 is 2.44 bits per heavy atom. The molecular formula is C14H11Cl3O. The number of aryl methyl sites for hydroxylation is 1. The summed E-state index contributed by atoms with van der Waals surface area (Å²) >= 11 is 17.9. The summed E-state index contributed by atoms with van der Waals surface area (Å²) < 4.78 is 5.71. The topological polar surface area (TPSA) is 9.23 Å². The predicted molar refractivity (Wildman–Crippen MR) is 77.3 cm³/mol. The second kappa shape index (κ2) is 5.83. The quantitative estimate of drug-likeness (QED) is 0.648. The molecular weight excluding hydrogens is 291 g/mol. The lowest BCUT2D eigenvalue weighted by molar-refractivity contribution is 0.482. The Hall–Kier alpha value is -0.890. The van der Waals surface area contributed by atoms with Crippen molar-refractivity contribution in [2.75, 3.05) is 0 Å². The highest BCUT2D eigenvalue weighted by atomic mass is 35.5. The van der Waals surface area contributed by atoms with E-state index in [-0.39, 0.29) is 0 Å². The molecule has 0 spiro atoms. The third-order valence-corrected chi connectivity index (χ3v) is 3.44. The number of rotatable bonds is 3. The fraction of sp³-hybridized carbons (Fsp3) is 0.143. The van der Waals surface area contributed by atoms with E-state index in [0.29, 0.717) is 27.4 Å². The molecule has 2 rings (SSSR count). The van der Waals surface area contributed by atoms with E-state index >= 15 is 0 Å². The van der Waals surface area contributed by atoms with Gasteiger partial charge in [-0.1, -0.05) is 35.3 Å². The summed E-state index contributed by atoms with van der Waals surface area (Å²) in [6.45, 7) is 1.98. The van der Waals surface area contributed by atoms with Crippen molar-refractivity contribution in [3.8, 4) is 11.5 Å². The van der Waals surface area contributed by atoms with Gasteiger partial charge >= 0.3 is 0 Å². The first-order valence-electron chi connectivity index (χ1n) is 5.38. The van der Waals surface area contributed by atoms with Gasteiger partial charge in [0.2, 0.25) is 0 Å². The largest absolute Gasteiger partial charge is 0.456 e. The van der Waals surface area contributed by atoms with Gasteiger partial charge in [0, 0.05) is 10.9 Å². The van der Waals surface area contributed by atoms with E-state index in [1.165, 1.54) is 0 Å². The normalized spacial score (nSPS) is 10.4. The zero-order valence-electron chi connectivity index (χ0n) is 9.71. The van der Waals surface area contributed by atoms with Crippen LogP contribution in [0.1, 0.15) is 11.1 Å². The van der Waals surface area contributed by atoms with E-state index in [1.54, 1.807) is 12.1 Å². The average Bonchev–Trinajstić information content (AvgIpc) is 2.34. The second-order valence-corrected chi connectivity index (χ2v) is 5.00. The van der Waals surface area contributed by atoms with Gasteiger partial charge in [-0.05, 0) is 42.3 Å². The number of benzene rings is 2. The highest BCUT2D eigenvalue weighted by molar-refractivity contribution is 6.32. The standard InChI is InChI=1S/C14H11Cl3O/c1-9-2-5-12(16)14(6-9)18-11-4-3-10(8-15)13(17)7-11/h2-7H,8H2,1H3. The number of ether oxygens (including phenoxy) is 1. The Labute approximate surface area is 121 Å². The van der Waals surface area contributed by atoms with Crippen LogP contribution in [0.25, 0.3) is 0 Å². The molecule has 0 aliphatic rings. The third-order valence-electron chi connectivity index (χ3n) is 2.48. The van der Waals surface area contributed by atoms with Crippen LogP contribution in [0.2, 0.25) is 10.0 Å². The zero-order chi connectivity index (χ0) is 13.1. The monoisotopic (exact) mass is 300 g/mol. The smallest absolute Gasteiger partial charge is 0.146 e. The number of alkyl halides is 1. The molecule has 94 valence electrons. The number of hydrogen-bond donors (Lipinski definition) is 0. The molecule has 0 radical (unpaired) electrons. The van der Waals surface area contributed by atoms with Crippen LogP contribution in [0.3, 0.4) is 0 Å². The molecule has 0 amide bonds. The van der Waals surface area contributed by atoms with E-state index in [2.05, 4.69) is 0 Å². The van der Waals surface area contributed by atoms with E-state index in [9.17, 15) is 0 Å². The van der Waals surface area contributed by atoms with Gasteiger partial charge < -0.3 is 4.74 Å². The minimum absolute atomic E-state index is 0.379. The Morgan fingerprint density at radius 2 is 1.78 bits per heavy atom. The molecule has 0 aliphatic heterocycles. The summed E-state index contributed by atoms with van der Waals surface area (Å²) in [5.74, 6) is 1.64. The van der Waals surface area contributed by atoms with Crippen molar-refractivity contribution in [3.05, 3.63) is 57.6 Å². The molecule has 2 aromatic carbocycles. The molecule has 0 saturated carbocycles. The maximum atomic E-state index is 6.07. The second-order valence-electron chi connectivity index (χ2n) is 3.92. The zero-order valence-corrected chi connectivity index (χ0v) is 12.0. The Bertz CT molecular complexity index is 567. The van der Waals surface area contributed by atoms with E-state index in [1.807, 2.05) is 31.2 Å². The third kappa shape index (κ3) is 3.11. The van der Waals surface area contributed by atoms with Crippen molar-refractivity contribution < 1.29 is 4.74 Å². The van der Waals surface area contributed by atoms with Gasteiger partial charge in [-0.2, -0.15) is 0 Å². The van der Waals surface area contributed by atoms with Gasteiger partial charge in [-0.3, -0.25) is 0 Å². The van der Waals surface area contributed by atoms with Gasteiger partial charge in [0.05, 0.1) is 5.02 Å². The first-order chi connectivity index (χ1) is 8.60. The minimum atomic E-state index is 0.379. The molecule has 4 heteroatoms. The Morgan fingerprint density at radius 1 is 1.00 bits per heavy atom. The van der Waals surface area contributed by atoms with Gasteiger partial charge in [-0.25, -0.2) is 0 Å². The molecule has 2 aromatic rings. The van der Waals surface area contributed by atoms with Crippen molar-refractivity contribution in [2.24, 2.45) is 0 Å². The number of halogens is 3. The predicted octanol–water partition coefficient (Wildman–Crippen LogP) is 5.83. The van der Waals surface area contributed by atoms with Crippen molar-refractivity contribution in [1.29, 1.82) is 0 Å². The SMILES string of the molecule is Cc1ccc(Cl)c(Oc2ccc(CCl)c(Cl)c2)c1. The number of hydrogen-bond acceptors (Lipinski definition) is 1.